The lowest BCUT2D eigenvalue weighted by atomic mass is 10.2. The summed E-state index contributed by atoms with van der Waals surface area (Å²) in [6.45, 7) is 4.96. The van der Waals surface area contributed by atoms with Gasteiger partial charge in [-0.05, 0) is 26.8 Å². The Morgan fingerprint density at radius 3 is 2.69 bits per heavy atom. The van der Waals surface area contributed by atoms with E-state index in [9.17, 15) is 24.8 Å². The average Bonchev–Trinajstić information content (AvgIpc) is 2.95. The van der Waals surface area contributed by atoms with Crippen molar-refractivity contribution in [1.29, 1.82) is 0 Å². The molecule has 0 fully saturated rings. The van der Waals surface area contributed by atoms with E-state index >= 15 is 0 Å². The summed E-state index contributed by atoms with van der Waals surface area (Å²) in [5.41, 5.74) is -0.487. The maximum atomic E-state index is 11.8. The lowest BCUT2D eigenvalue weighted by Crippen LogP contribution is -2.44. The number of carboxylic acids is 1. The molecule has 1 aromatic carbocycles. The molecule has 1 amide bonds. The highest BCUT2D eigenvalue weighted by Gasteiger charge is 2.26. The molecule has 140 valence electrons. The second-order valence-electron chi connectivity index (χ2n) is 6.38. The van der Waals surface area contributed by atoms with E-state index in [2.05, 4.69) is 5.32 Å². The zero-order valence-electron chi connectivity index (χ0n) is 14.3. The molecule has 0 bridgehead atoms. The number of nitro groups is 1. The van der Waals surface area contributed by atoms with Crippen LogP contribution in [0.2, 0.25) is 0 Å². The third-order valence-corrected chi connectivity index (χ3v) is 4.26. The zero-order valence-corrected chi connectivity index (χ0v) is 15.2. The first-order valence-electron chi connectivity index (χ1n) is 7.57. The number of nitrogens with one attached hydrogen (secondary N) is 1. The standard InChI is InChI=1S/C16H18N2O7S/c1-16(2,3)25-15(21)17-10(14(19)20)8-26-13-7-12-9(4-5-24-12)6-11(13)18(22)23/h4-7,10H,8H2,1-3H3,(H,17,21)(H,19,20)/t10-/m0/s1. The molecule has 2 rings (SSSR count). The van der Waals surface area contributed by atoms with Gasteiger partial charge in [-0.25, -0.2) is 9.59 Å². The maximum Gasteiger partial charge on any atom is 0.408 e. The zero-order chi connectivity index (χ0) is 19.5. The van der Waals surface area contributed by atoms with Crippen molar-refractivity contribution in [1.82, 2.24) is 5.32 Å². The lowest BCUT2D eigenvalue weighted by molar-refractivity contribution is -0.387. The van der Waals surface area contributed by atoms with Gasteiger partial charge in [-0.3, -0.25) is 10.1 Å². The van der Waals surface area contributed by atoms with E-state index in [-0.39, 0.29) is 16.3 Å². The number of carbonyl (C=O) groups is 2. The number of fused-ring (bicyclic) bond motifs is 1. The quantitative estimate of drug-likeness (QED) is 0.441. The Bertz CT molecular complexity index is 841. The highest BCUT2D eigenvalue weighted by atomic mass is 32.2. The van der Waals surface area contributed by atoms with Gasteiger partial charge in [0, 0.05) is 23.3 Å². The first-order valence-corrected chi connectivity index (χ1v) is 8.56. The highest BCUT2D eigenvalue weighted by molar-refractivity contribution is 7.99. The van der Waals surface area contributed by atoms with Crippen LogP contribution in [0.1, 0.15) is 20.8 Å². The molecular weight excluding hydrogens is 364 g/mol. The monoisotopic (exact) mass is 382 g/mol. The van der Waals surface area contributed by atoms with E-state index in [0.29, 0.717) is 11.0 Å². The fourth-order valence-corrected chi connectivity index (χ4v) is 3.08. The number of alkyl carbamates (subject to hydrolysis) is 1. The molecule has 26 heavy (non-hydrogen) atoms. The van der Waals surface area contributed by atoms with Crippen LogP contribution < -0.4 is 5.32 Å². The molecule has 1 heterocycles. The van der Waals surface area contributed by atoms with Gasteiger partial charge in [0.05, 0.1) is 16.1 Å². The minimum Gasteiger partial charge on any atom is -0.480 e. The fraction of sp³-hybridized carbons (Fsp3) is 0.375. The van der Waals surface area contributed by atoms with Crippen LogP contribution in [0.3, 0.4) is 0 Å². The molecule has 0 spiro atoms. The normalized spacial score (nSPS) is 12.6. The third-order valence-electron chi connectivity index (χ3n) is 3.13. The third kappa shape index (κ3) is 5.12. The van der Waals surface area contributed by atoms with E-state index < -0.39 is 28.6 Å². The molecule has 2 aromatic rings. The molecule has 0 saturated carbocycles. The molecule has 10 heteroatoms. The number of nitrogens with zero attached hydrogens (tertiary/aromatic N) is 1. The van der Waals surface area contributed by atoms with Crippen molar-refractivity contribution in [3.8, 4) is 0 Å². The summed E-state index contributed by atoms with van der Waals surface area (Å²) < 4.78 is 10.3. The van der Waals surface area contributed by atoms with Crippen LogP contribution in [0.15, 0.2) is 33.8 Å². The van der Waals surface area contributed by atoms with Gasteiger partial charge in [0.1, 0.15) is 17.2 Å². The number of ether oxygens (including phenoxy) is 1. The first kappa shape index (κ1) is 19.6. The highest BCUT2D eigenvalue weighted by Crippen LogP contribution is 2.34. The number of aliphatic carboxylic acids is 1. The van der Waals surface area contributed by atoms with Crippen LogP contribution in [-0.2, 0) is 9.53 Å². The van der Waals surface area contributed by atoms with Crippen molar-refractivity contribution in [2.45, 2.75) is 37.3 Å². The summed E-state index contributed by atoms with van der Waals surface area (Å²) in [5, 5.41) is 23.4. The molecule has 1 aromatic heterocycles. The predicted octanol–water partition coefficient (Wildman–Crippen LogP) is 3.41. The second-order valence-corrected chi connectivity index (χ2v) is 7.45. The van der Waals surface area contributed by atoms with Crippen molar-refractivity contribution < 1.29 is 28.8 Å². The van der Waals surface area contributed by atoms with Gasteiger partial charge >= 0.3 is 12.1 Å². The first-order chi connectivity index (χ1) is 12.1. The Kier molecular flexibility index (Phi) is 5.76. The largest absolute Gasteiger partial charge is 0.480 e. The topological polar surface area (TPSA) is 132 Å². The van der Waals surface area contributed by atoms with E-state index in [1.54, 1.807) is 26.8 Å². The Morgan fingerprint density at radius 1 is 1.42 bits per heavy atom. The molecule has 0 radical (unpaired) electrons. The SMILES string of the molecule is CC(C)(C)OC(=O)N[C@@H](CSc1cc2occc2cc1[N+](=O)[O-])C(=O)O. The van der Waals surface area contributed by atoms with E-state index in [1.165, 1.54) is 18.4 Å². The Labute approximate surface area is 152 Å². The lowest BCUT2D eigenvalue weighted by Gasteiger charge is -2.21. The maximum absolute atomic E-state index is 11.8. The molecular formula is C16H18N2O7S. The summed E-state index contributed by atoms with van der Waals surface area (Å²) >= 11 is 0.937. The number of carboxylic acid groups (broad SMARTS) is 1. The van der Waals surface area contributed by atoms with Crippen LogP contribution in [0.4, 0.5) is 10.5 Å². The molecule has 2 N–H and O–H groups in total. The van der Waals surface area contributed by atoms with Crippen LogP contribution >= 0.6 is 11.8 Å². The van der Waals surface area contributed by atoms with Crippen molar-refractivity contribution >= 4 is 40.5 Å². The number of hydrogen-bond acceptors (Lipinski definition) is 7. The number of nitro benzene ring substituents is 1. The second kappa shape index (κ2) is 7.65. The van der Waals surface area contributed by atoms with Gasteiger partial charge in [0.15, 0.2) is 0 Å². The summed E-state index contributed by atoms with van der Waals surface area (Å²) in [4.78, 5) is 34.1. The predicted molar refractivity (Wildman–Crippen MR) is 94.4 cm³/mol. The summed E-state index contributed by atoms with van der Waals surface area (Å²) in [6.07, 6.45) is 0.536. The molecule has 0 aliphatic rings. The molecule has 1 atom stereocenters. The van der Waals surface area contributed by atoms with Gasteiger partial charge < -0.3 is 19.6 Å². The summed E-state index contributed by atoms with van der Waals surface area (Å²) in [7, 11) is 0. The summed E-state index contributed by atoms with van der Waals surface area (Å²) in [5.74, 6) is -1.40. The smallest absolute Gasteiger partial charge is 0.408 e. The number of carbonyl (C=O) groups excluding carboxylic acids is 1. The number of hydrogen-bond donors (Lipinski definition) is 2. The minimum atomic E-state index is -1.28. The van der Waals surface area contributed by atoms with Gasteiger partial charge in [0.25, 0.3) is 5.69 Å². The fourth-order valence-electron chi connectivity index (χ4n) is 2.03. The molecule has 0 aliphatic carbocycles. The Balaban J connectivity index is 2.14. The molecule has 0 aliphatic heterocycles. The van der Waals surface area contributed by atoms with Crippen molar-refractivity contribution in [3.63, 3.8) is 0 Å². The molecule has 9 nitrogen and oxygen atoms in total. The van der Waals surface area contributed by atoms with Crippen LogP contribution in [0.5, 0.6) is 0 Å². The van der Waals surface area contributed by atoms with E-state index in [0.717, 1.165) is 11.8 Å². The van der Waals surface area contributed by atoms with Crippen molar-refractivity contribution in [3.05, 3.63) is 34.6 Å². The van der Waals surface area contributed by atoms with Crippen molar-refractivity contribution in [2.24, 2.45) is 0 Å². The van der Waals surface area contributed by atoms with Crippen LogP contribution in [-0.4, -0.2) is 39.5 Å². The van der Waals surface area contributed by atoms with Gasteiger partial charge in [0.2, 0.25) is 0 Å². The summed E-state index contributed by atoms with van der Waals surface area (Å²) in [6, 6.07) is 3.16. The number of thioether (sulfide) groups is 1. The minimum absolute atomic E-state index is 0.123. The van der Waals surface area contributed by atoms with Gasteiger partial charge in [-0.1, -0.05) is 0 Å². The molecule has 0 saturated heterocycles. The number of furan rings is 1. The molecule has 0 unspecified atom stereocenters. The van der Waals surface area contributed by atoms with Crippen LogP contribution in [0, 0.1) is 10.1 Å². The number of rotatable bonds is 6. The Morgan fingerprint density at radius 2 is 2.12 bits per heavy atom. The Hall–Kier alpha value is -2.75. The van der Waals surface area contributed by atoms with E-state index in [4.69, 9.17) is 9.15 Å². The van der Waals surface area contributed by atoms with Gasteiger partial charge in [-0.2, -0.15) is 0 Å². The van der Waals surface area contributed by atoms with Crippen LogP contribution in [0.25, 0.3) is 11.0 Å². The number of amides is 1. The average molecular weight is 382 g/mol. The van der Waals surface area contributed by atoms with Gasteiger partial charge in [-0.15, -0.1) is 11.8 Å². The van der Waals surface area contributed by atoms with E-state index in [1.807, 2.05) is 0 Å². The van der Waals surface area contributed by atoms with Crippen molar-refractivity contribution in [2.75, 3.05) is 5.75 Å². The number of benzene rings is 1.